The van der Waals surface area contributed by atoms with Crippen molar-refractivity contribution >= 4 is 21.7 Å². The van der Waals surface area contributed by atoms with Gasteiger partial charge in [0.15, 0.2) is 0 Å². The summed E-state index contributed by atoms with van der Waals surface area (Å²) in [5.74, 6) is 0.956. The molecule has 0 spiro atoms. The maximum absolute atomic E-state index is 5.17. The van der Waals surface area contributed by atoms with Crippen molar-refractivity contribution < 1.29 is 4.74 Å². The molecule has 1 aromatic rings. The van der Waals surface area contributed by atoms with Crippen molar-refractivity contribution in [2.45, 2.75) is 32.7 Å². The largest absolute Gasteiger partial charge is 0.383 e. The molecule has 0 radical (unpaired) electrons. The van der Waals surface area contributed by atoms with Gasteiger partial charge in [-0.05, 0) is 28.8 Å². The summed E-state index contributed by atoms with van der Waals surface area (Å²) in [5, 5.41) is 0. The minimum atomic E-state index is 0.493. The van der Waals surface area contributed by atoms with Gasteiger partial charge in [-0.3, -0.25) is 0 Å². The van der Waals surface area contributed by atoms with Crippen LogP contribution >= 0.6 is 15.9 Å². The Kier molecular flexibility index (Phi) is 6.44. The van der Waals surface area contributed by atoms with Crippen LogP contribution in [-0.4, -0.2) is 36.3 Å². The first-order valence-corrected chi connectivity index (χ1v) is 6.75. The molecule has 4 nitrogen and oxygen atoms in total. The molecule has 0 atom stereocenters. The predicted octanol–water partition coefficient (Wildman–Crippen LogP) is 2.88. The van der Waals surface area contributed by atoms with Crippen LogP contribution in [0, 0.1) is 0 Å². The lowest BCUT2D eigenvalue weighted by Gasteiger charge is -2.31. The topological polar surface area (TPSA) is 38.2 Å². The summed E-state index contributed by atoms with van der Waals surface area (Å²) in [4.78, 5) is 10.7. The van der Waals surface area contributed by atoms with E-state index in [9.17, 15) is 0 Å². The number of ether oxygens (including phenoxy) is 1. The molecule has 0 aliphatic heterocycles. The monoisotopic (exact) mass is 301 g/mol. The number of anilines is 1. The molecule has 1 heterocycles. The van der Waals surface area contributed by atoms with Gasteiger partial charge in [-0.1, -0.05) is 13.8 Å². The van der Waals surface area contributed by atoms with Crippen LogP contribution in [0.25, 0.3) is 0 Å². The number of rotatable bonds is 7. The average Bonchev–Trinajstić information content (AvgIpc) is 2.34. The van der Waals surface area contributed by atoms with Crippen molar-refractivity contribution in [3.8, 4) is 0 Å². The Morgan fingerprint density at radius 2 is 2.06 bits per heavy atom. The van der Waals surface area contributed by atoms with Gasteiger partial charge in [-0.25, -0.2) is 9.97 Å². The summed E-state index contributed by atoms with van der Waals surface area (Å²) in [6.45, 7) is 5.96. The second-order valence-corrected chi connectivity index (χ2v) is 4.67. The molecule has 0 aliphatic rings. The van der Waals surface area contributed by atoms with E-state index in [4.69, 9.17) is 4.74 Å². The summed E-state index contributed by atoms with van der Waals surface area (Å²) < 4.78 is 5.98. The Labute approximate surface area is 112 Å². The minimum absolute atomic E-state index is 0.493. The maximum Gasteiger partial charge on any atom is 0.133 e. The van der Waals surface area contributed by atoms with Crippen molar-refractivity contribution in [1.29, 1.82) is 0 Å². The molecule has 0 aromatic carbocycles. The Hall–Kier alpha value is -0.680. The molecule has 5 heteroatoms. The quantitative estimate of drug-likeness (QED) is 0.726. The van der Waals surface area contributed by atoms with Crippen molar-refractivity contribution in [3.05, 3.63) is 17.0 Å². The van der Waals surface area contributed by atoms with E-state index < -0.39 is 0 Å². The van der Waals surface area contributed by atoms with Gasteiger partial charge in [-0.15, -0.1) is 0 Å². The number of hydrogen-bond acceptors (Lipinski definition) is 4. The van der Waals surface area contributed by atoms with Crippen molar-refractivity contribution in [2.75, 3.05) is 25.2 Å². The van der Waals surface area contributed by atoms with Crippen molar-refractivity contribution in [2.24, 2.45) is 0 Å². The molecule has 0 bridgehead atoms. The second kappa shape index (κ2) is 7.61. The number of aromatic nitrogens is 2. The maximum atomic E-state index is 5.17. The van der Waals surface area contributed by atoms with Crippen molar-refractivity contribution in [3.63, 3.8) is 0 Å². The minimum Gasteiger partial charge on any atom is -0.383 e. The zero-order valence-corrected chi connectivity index (χ0v) is 12.3. The number of nitrogens with zero attached hydrogens (tertiary/aromatic N) is 3. The van der Waals surface area contributed by atoms with E-state index in [1.165, 1.54) is 0 Å². The third-order valence-corrected chi connectivity index (χ3v) is 3.27. The highest BCUT2D eigenvalue weighted by Crippen LogP contribution is 2.20. The van der Waals surface area contributed by atoms with Gasteiger partial charge in [-0.2, -0.15) is 0 Å². The van der Waals surface area contributed by atoms with E-state index >= 15 is 0 Å². The van der Waals surface area contributed by atoms with Gasteiger partial charge in [0.25, 0.3) is 0 Å². The van der Waals surface area contributed by atoms with Crippen LogP contribution in [0.15, 0.2) is 17.0 Å². The van der Waals surface area contributed by atoms with Crippen LogP contribution in [0.5, 0.6) is 0 Å². The zero-order chi connectivity index (χ0) is 12.7. The molecule has 0 saturated heterocycles. The highest BCUT2D eigenvalue weighted by molar-refractivity contribution is 9.10. The summed E-state index contributed by atoms with van der Waals surface area (Å²) in [6.07, 6.45) is 3.78. The lowest BCUT2D eigenvalue weighted by molar-refractivity contribution is 0.202. The van der Waals surface area contributed by atoms with Gasteiger partial charge >= 0.3 is 0 Å². The molecule has 0 fully saturated rings. The summed E-state index contributed by atoms with van der Waals surface area (Å²) >= 11 is 3.38. The third-order valence-electron chi connectivity index (χ3n) is 2.83. The van der Waals surface area contributed by atoms with Gasteiger partial charge in [0.2, 0.25) is 0 Å². The zero-order valence-electron chi connectivity index (χ0n) is 10.7. The Morgan fingerprint density at radius 3 is 2.59 bits per heavy atom. The van der Waals surface area contributed by atoms with E-state index in [0.29, 0.717) is 12.6 Å². The van der Waals surface area contributed by atoms with Crippen LogP contribution < -0.4 is 4.90 Å². The molecule has 0 N–H and O–H groups in total. The summed E-state index contributed by atoms with van der Waals surface area (Å²) in [7, 11) is 1.72. The third kappa shape index (κ3) is 4.24. The normalized spacial score (nSPS) is 10.9. The fourth-order valence-electron chi connectivity index (χ4n) is 1.88. The molecule has 96 valence electrons. The van der Waals surface area contributed by atoms with Crippen LogP contribution in [0.1, 0.15) is 26.7 Å². The lowest BCUT2D eigenvalue weighted by atomic mass is 10.1. The van der Waals surface area contributed by atoms with E-state index in [1.807, 2.05) is 6.07 Å². The molecule has 0 saturated carbocycles. The molecule has 1 rings (SSSR count). The van der Waals surface area contributed by atoms with Gasteiger partial charge in [0.05, 0.1) is 6.61 Å². The van der Waals surface area contributed by atoms with Crippen molar-refractivity contribution in [1.82, 2.24) is 9.97 Å². The van der Waals surface area contributed by atoms with Gasteiger partial charge < -0.3 is 9.64 Å². The molecular weight excluding hydrogens is 282 g/mol. The first-order chi connectivity index (χ1) is 8.22. The fourth-order valence-corrected chi connectivity index (χ4v) is 2.18. The predicted molar refractivity (Wildman–Crippen MR) is 73.3 cm³/mol. The second-order valence-electron chi connectivity index (χ2n) is 3.86. The van der Waals surface area contributed by atoms with E-state index in [1.54, 1.807) is 13.4 Å². The van der Waals surface area contributed by atoms with Crippen LogP contribution in [-0.2, 0) is 4.74 Å². The van der Waals surface area contributed by atoms with Crippen LogP contribution in [0.2, 0.25) is 0 Å². The SMILES string of the molecule is CCC(CC)N(CCOC)c1cc(Br)ncn1. The van der Waals surface area contributed by atoms with Crippen LogP contribution in [0.4, 0.5) is 5.82 Å². The molecule has 0 aliphatic carbocycles. The molecule has 1 aromatic heterocycles. The standard InChI is InChI=1S/C12H20BrN3O/c1-4-10(5-2)16(6-7-17-3)12-8-11(13)14-9-15-12/h8-10H,4-7H2,1-3H3. The summed E-state index contributed by atoms with van der Waals surface area (Å²) in [5.41, 5.74) is 0. The molecule has 0 unspecified atom stereocenters. The molecule has 0 amide bonds. The van der Waals surface area contributed by atoms with E-state index in [2.05, 4.69) is 44.6 Å². The van der Waals surface area contributed by atoms with Gasteiger partial charge in [0.1, 0.15) is 16.7 Å². The molecular formula is C12H20BrN3O. The Balaban J connectivity index is 2.88. The molecule has 17 heavy (non-hydrogen) atoms. The van der Waals surface area contributed by atoms with E-state index in [-0.39, 0.29) is 0 Å². The Morgan fingerprint density at radius 1 is 1.35 bits per heavy atom. The summed E-state index contributed by atoms with van der Waals surface area (Å²) in [6, 6.07) is 2.44. The lowest BCUT2D eigenvalue weighted by Crippen LogP contribution is -2.37. The average molecular weight is 302 g/mol. The first kappa shape index (κ1) is 14.4. The number of halogens is 1. The smallest absolute Gasteiger partial charge is 0.133 e. The van der Waals surface area contributed by atoms with E-state index in [0.717, 1.165) is 29.8 Å². The number of methoxy groups -OCH3 is 1. The highest BCUT2D eigenvalue weighted by Gasteiger charge is 2.16. The fraction of sp³-hybridized carbons (Fsp3) is 0.667. The number of hydrogen-bond donors (Lipinski definition) is 0. The highest BCUT2D eigenvalue weighted by atomic mass is 79.9. The Bertz CT molecular complexity index is 331. The first-order valence-electron chi connectivity index (χ1n) is 5.96. The van der Waals surface area contributed by atoms with Gasteiger partial charge in [0, 0.05) is 25.8 Å². The van der Waals surface area contributed by atoms with Crippen LogP contribution in [0.3, 0.4) is 0 Å².